The smallest absolute Gasteiger partial charge is 0.153 e. The molecule has 0 spiro atoms. The van der Waals surface area contributed by atoms with E-state index in [1.807, 2.05) is 0 Å². The van der Waals surface area contributed by atoms with E-state index in [-0.39, 0.29) is 11.3 Å². The molecule has 0 bridgehead atoms. The highest BCUT2D eigenvalue weighted by Gasteiger charge is 2.30. The molecule has 0 aromatic rings. The van der Waals surface area contributed by atoms with Gasteiger partial charge in [0, 0.05) is 0 Å². The van der Waals surface area contributed by atoms with Gasteiger partial charge >= 0.3 is 0 Å². The number of halogens is 2. The zero-order valence-electron chi connectivity index (χ0n) is 8.61. The Hall–Kier alpha value is -0.180. The highest BCUT2D eigenvalue weighted by atomic mass is 19.2. The first kappa shape index (κ1) is 10.9. The Kier molecular flexibility index (Phi) is 3.28. The summed E-state index contributed by atoms with van der Waals surface area (Å²) in [5, 5.41) is 2.26. The summed E-state index contributed by atoms with van der Waals surface area (Å²) in [6, 6.07) is 0. The van der Waals surface area contributed by atoms with Crippen LogP contribution in [0.1, 0.15) is 40.0 Å². The SMILES string of the molecule is CC(C)(C)CC1CC(F)NC(F)C1. The maximum Gasteiger partial charge on any atom is 0.153 e. The zero-order valence-corrected chi connectivity index (χ0v) is 8.61. The molecule has 1 rings (SSSR count). The molecular weight excluding hydrogens is 172 g/mol. The molecule has 78 valence electrons. The summed E-state index contributed by atoms with van der Waals surface area (Å²) in [6.45, 7) is 6.32. The summed E-state index contributed by atoms with van der Waals surface area (Å²) in [5.41, 5.74) is 0.168. The number of nitrogens with one attached hydrogen (secondary N) is 1. The van der Waals surface area contributed by atoms with Crippen LogP contribution in [-0.4, -0.2) is 12.6 Å². The molecule has 1 aliphatic heterocycles. The van der Waals surface area contributed by atoms with Crippen LogP contribution in [0.15, 0.2) is 0 Å². The summed E-state index contributed by atoms with van der Waals surface area (Å²) >= 11 is 0. The van der Waals surface area contributed by atoms with Crippen molar-refractivity contribution < 1.29 is 8.78 Å². The average Bonchev–Trinajstić information content (AvgIpc) is 1.78. The van der Waals surface area contributed by atoms with Crippen LogP contribution in [0.3, 0.4) is 0 Å². The fourth-order valence-corrected chi connectivity index (χ4v) is 2.05. The predicted molar refractivity (Wildman–Crippen MR) is 49.7 cm³/mol. The molecule has 1 fully saturated rings. The minimum absolute atomic E-state index is 0.168. The summed E-state index contributed by atoms with van der Waals surface area (Å²) in [4.78, 5) is 0. The lowest BCUT2D eigenvalue weighted by Gasteiger charge is -2.32. The van der Waals surface area contributed by atoms with Crippen molar-refractivity contribution in [1.29, 1.82) is 0 Å². The molecule has 0 amide bonds. The lowest BCUT2D eigenvalue weighted by molar-refractivity contribution is 0.0606. The second-order valence-corrected chi connectivity index (χ2v) is 5.20. The maximum atomic E-state index is 12.9. The monoisotopic (exact) mass is 191 g/mol. The van der Waals surface area contributed by atoms with Gasteiger partial charge in [0.15, 0.2) is 12.6 Å². The Morgan fingerprint density at radius 1 is 1.15 bits per heavy atom. The molecule has 1 N–H and O–H groups in total. The largest absolute Gasteiger partial charge is 0.258 e. The topological polar surface area (TPSA) is 12.0 Å². The van der Waals surface area contributed by atoms with E-state index >= 15 is 0 Å². The molecule has 1 nitrogen and oxygen atoms in total. The number of hydrogen-bond donors (Lipinski definition) is 1. The summed E-state index contributed by atoms with van der Waals surface area (Å²) < 4.78 is 25.8. The first-order chi connectivity index (χ1) is 5.87. The highest BCUT2D eigenvalue weighted by Crippen LogP contribution is 2.32. The summed E-state index contributed by atoms with van der Waals surface area (Å²) in [6.07, 6.45) is -0.502. The maximum absolute atomic E-state index is 12.9. The lowest BCUT2D eigenvalue weighted by Crippen LogP contribution is -2.41. The normalized spacial score (nSPS) is 36.2. The average molecular weight is 191 g/mol. The van der Waals surface area contributed by atoms with Crippen molar-refractivity contribution >= 4 is 0 Å². The van der Waals surface area contributed by atoms with Gasteiger partial charge in [-0.2, -0.15) is 0 Å². The Balaban J connectivity index is 2.42. The van der Waals surface area contributed by atoms with Crippen LogP contribution in [0.25, 0.3) is 0 Å². The van der Waals surface area contributed by atoms with Gasteiger partial charge in [-0.25, -0.2) is 8.78 Å². The quantitative estimate of drug-likeness (QED) is 0.628. The van der Waals surface area contributed by atoms with Crippen molar-refractivity contribution in [3.63, 3.8) is 0 Å². The van der Waals surface area contributed by atoms with Gasteiger partial charge in [0.1, 0.15) is 0 Å². The number of hydrogen-bond acceptors (Lipinski definition) is 1. The van der Waals surface area contributed by atoms with E-state index in [1.54, 1.807) is 0 Å². The van der Waals surface area contributed by atoms with Crippen molar-refractivity contribution in [2.45, 2.75) is 52.6 Å². The van der Waals surface area contributed by atoms with Gasteiger partial charge in [-0.1, -0.05) is 20.8 Å². The van der Waals surface area contributed by atoms with Crippen LogP contribution in [-0.2, 0) is 0 Å². The Morgan fingerprint density at radius 2 is 1.62 bits per heavy atom. The molecule has 0 saturated carbocycles. The second kappa shape index (κ2) is 3.91. The van der Waals surface area contributed by atoms with Gasteiger partial charge in [0.05, 0.1) is 0 Å². The Bertz CT molecular complexity index is 155. The Labute approximate surface area is 78.9 Å². The van der Waals surface area contributed by atoms with Crippen LogP contribution in [0.5, 0.6) is 0 Å². The Morgan fingerprint density at radius 3 is 2.00 bits per heavy atom. The van der Waals surface area contributed by atoms with Crippen molar-refractivity contribution in [2.24, 2.45) is 11.3 Å². The molecule has 1 heterocycles. The fourth-order valence-electron chi connectivity index (χ4n) is 2.05. The van der Waals surface area contributed by atoms with E-state index in [9.17, 15) is 8.78 Å². The van der Waals surface area contributed by atoms with Crippen molar-refractivity contribution in [1.82, 2.24) is 5.32 Å². The van der Waals surface area contributed by atoms with Crippen LogP contribution >= 0.6 is 0 Å². The minimum Gasteiger partial charge on any atom is -0.258 e. The van der Waals surface area contributed by atoms with E-state index < -0.39 is 12.6 Å². The van der Waals surface area contributed by atoms with Crippen molar-refractivity contribution in [3.05, 3.63) is 0 Å². The van der Waals surface area contributed by atoms with E-state index in [4.69, 9.17) is 0 Å². The van der Waals surface area contributed by atoms with Crippen molar-refractivity contribution in [3.8, 4) is 0 Å². The molecule has 3 heteroatoms. The van der Waals surface area contributed by atoms with Crippen LogP contribution in [0.4, 0.5) is 8.78 Å². The van der Waals surface area contributed by atoms with Gasteiger partial charge in [-0.3, -0.25) is 5.32 Å². The van der Waals surface area contributed by atoms with Gasteiger partial charge in [-0.15, -0.1) is 0 Å². The first-order valence-electron chi connectivity index (χ1n) is 4.91. The molecule has 2 atom stereocenters. The molecule has 0 aliphatic carbocycles. The highest BCUT2D eigenvalue weighted by molar-refractivity contribution is 4.78. The van der Waals surface area contributed by atoms with Gasteiger partial charge < -0.3 is 0 Å². The molecule has 1 saturated heterocycles. The van der Waals surface area contributed by atoms with E-state index in [0.717, 1.165) is 6.42 Å². The fraction of sp³-hybridized carbons (Fsp3) is 1.00. The molecule has 0 aromatic carbocycles. The number of rotatable bonds is 1. The molecule has 1 aliphatic rings. The molecule has 13 heavy (non-hydrogen) atoms. The van der Waals surface area contributed by atoms with E-state index in [0.29, 0.717) is 12.8 Å². The second-order valence-electron chi connectivity index (χ2n) is 5.20. The third-order valence-corrected chi connectivity index (χ3v) is 2.34. The van der Waals surface area contributed by atoms with Gasteiger partial charge in [0.2, 0.25) is 0 Å². The van der Waals surface area contributed by atoms with Crippen LogP contribution in [0, 0.1) is 11.3 Å². The molecule has 0 aromatic heterocycles. The summed E-state index contributed by atoms with van der Waals surface area (Å²) in [7, 11) is 0. The van der Waals surface area contributed by atoms with Crippen LogP contribution < -0.4 is 5.32 Å². The minimum atomic E-state index is -1.16. The van der Waals surface area contributed by atoms with E-state index in [1.165, 1.54) is 0 Å². The predicted octanol–water partition coefficient (Wildman–Crippen LogP) is 3.01. The molecule has 2 unspecified atom stereocenters. The third-order valence-electron chi connectivity index (χ3n) is 2.34. The lowest BCUT2D eigenvalue weighted by atomic mass is 9.80. The molecule has 0 radical (unpaired) electrons. The summed E-state index contributed by atoms with van der Waals surface area (Å²) in [5.74, 6) is 0.186. The van der Waals surface area contributed by atoms with Crippen LogP contribution in [0.2, 0.25) is 0 Å². The van der Waals surface area contributed by atoms with Gasteiger partial charge in [-0.05, 0) is 30.6 Å². The zero-order chi connectivity index (χ0) is 10.1. The molecular formula is C10H19F2N. The van der Waals surface area contributed by atoms with E-state index in [2.05, 4.69) is 26.1 Å². The van der Waals surface area contributed by atoms with Crippen molar-refractivity contribution in [2.75, 3.05) is 0 Å². The first-order valence-corrected chi connectivity index (χ1v) is 4.91. The van der Waals surface area contributed by atoms with Gasteiger partial charge in [0.25, 0.3) is 0 Å². The standard InChI is InChI=1S/C10H19F2N/c1-10(2,3)6-7-4-8(11)13-9(12)5-7/h7-9,13H,4-6H2,1-3H3. The number of alkyl halides is 2. The number of piperidine rings is 1. The third kappa shape index (κ3) is 4.03.